The highest BCUT2D eigenvalue weighted by Gasteiger charge is 2.34. The summed E-state index contributed by atoms with van der Waals surface area (Å²) in [4.78, 5) is 32.6. The van der Waals surface area contributed by atoms with E-state index in [9.17, 15) is 22.8 Å². The largest absolute Gasteiger partial charge is 0.453 e. The number of nitrogens with zero attached hydrogens (tertiary/aromatic N) is 4. The van der Waals surface area contributed by atoms with Gasteiger partial charge in [0.2, 0.25) is 0 Å². The number of ether oxygens (including phenoxy) is 1. The normalized spacial score (nSPS) is 14.9. The first-order valence-electron chi connectivity index (χ1n) is 10.3. The van der Waals surface area contributed by atoms with Gasteiger partial charge in [0.1, 0.15) is 0 Å². The van der Waals surface area contributed by atoms with Crippen molar-refractivity contribution in [2.75, 3.05) is 33.3 Å². The first-order chi connectivity index (χ1) is 15.7. The molecular formula is C22H21F3N4O4. The maximum absolute atomic E-state index is 13.6. The third-order valence-electron chi connectivity index (χ3n) is 5.57. The second-order valence-corrected chi connectivity index (χ2v) is 7.65. The fraction of sp³-hybridized carbons (Fsp3) is 0.364. The number of methoxy groups -OCH3 is 1. The Morgan fingerprint density at radius 2 is 1.79 bits per heavy atom. The van der Waals surface area contributed by atoms with Crippen molar-refractivity contribution >= 4 is 23.1 Å². The van der Waals surface area contributed by atoms with Gasteiger partial charge in [0.15, 0.2) is 0 Å². The molecule has 1 aliphatic heterocycles. The predicted molar refractivity (Wildman–Crippen MR) is 111 cm³/mol. The molecule has 174 valence electrons. The van der Waals surface area contributed by atoms with E-state index in [0.29, 0.717) is 30.6 Å². The van der Waals surface area contributed by atoms with Gasteiger partial charge in [-0.2, -0.15) is 13.2 Å². The van der Waals surface area contributed by atoms with Crippen molar-refractivity contribution in [2.45, 2.75) is 19.5 Å². The number of pyridine rings is 1. The second-order valence-electron chi connectivity index (χ2n) is 7.65. The number of aromatic nitrogens is 2. The van der Waals surface area contributed by atoms with Crippen molar-refractivity contribution in [3.05, 3.63) is 47.2 Å². The summed E-state index contributed by atoms with van der Waals surface area (Å²) in [6.07, 6.45) is -4.55. The molecule has 0 bridgehead atoms. The number of rotatable bonds is 2. The summed E-state index contributed by atoms with van der Waals surface area (Å²) in [6, 6.07) is 6.38. The molecule has 1 saturated heterocycles. The number of aryl methyl sites for hydroxylation is 1. The van der Waals surface area contributed by atoms with Gasteiger partial charge in [0.05, 0.1) is 35.0 Å². The Labute approximate surface area is 186 Å². The summed E-state index contributed by atoms with van der Waals surface area (Å²) in [6.45, 7) is 2.96. The molecule has 11 heteroatoms. The fourth-order valence-electron chi connectivity index (χ4n) is 3.96. The lowest BCUT2D eigenvalue weighted by atomic mass is 10.00. The fourth-order valence-corrected chi connectivity index (χ4v) is 3.96. The zero-order valence-corrected chi connectivity index (χ0v) is 18.0. The molecule has 0 N–H and O–H groups in total. The van der Waals surface area contributed by atoms with Crippen LogP contribution in [0, 0.1) is 6.92 Å². The van der Waals surface area contributed by atoms with Gasteiger partial charge in [-0.15, -0.1) is 0 Å². The third kappa shape index (κ3) is 4.35. The van der Waals surface area contributed by atoms with Crippen molar-refractivity contribution in [3.63, 3.8) is 0 Å². The number of fused-ring (bicyclic) bond motifs is 1. The Hall–Kier alpha value is -3.63. The Balaban J connectivity index is 1.77. The van der Waals surface area contributed by atoms with E-state index < -0.39 is 23.7 Å². The molecule has 2 amide bonds. The topological polar surface area (TPSA) is 88.8 Å². The van der Waals surface area contributed by atoms with Crippen LogP contribution >= 0.6 is 0 Å². The number of carbonyl (C=O) groups is 2. The molecular weight excluding hydrogens is 441 g/mol. The van der Waals surface area contributed by atoms with Crippen molar-refractivity contribution in [3.8, 4) is 11.3 Å². The highest BCUT2D eigenvalue weighted by atomic mass is 19.4. The SMILES string of the molecule is COC(=O)N1CCCN(C(=O)c2cc(-c3ccccc3C(F)(F)F)nc3onc(C)c23)CC1. The lowest BCUT2D eigenvalue weighted by Gasteiger charge is -2.22. The molecule has 0 spiro atoms. The van der Waals surface area contributed by atoms with Crippen LogP contribution in [-0.2, 0) is 10.9 Å². The number of alkyl halides is 3. The number of hydrogen-bond donors (Lipinski definition) is 0. The minimum absolute atomic E-state index is 0.0173. The molecule has 1 fully saturated rings. The number of amides is 2. The Kier molecular flexibility index (Phi) is 5.96. The highest BCUT2D eigenvalue weighted by Crippen LogP contribution is 2.37. The molecule has 1 aromatic carbocycles. The van der Waals surface area contributed by atoms with Crippen molar-refractivity contribution in [1.29, 1.82) is 0 Å². The van der Waals surface area contributed by atoms with Crippen LogP contribution in [0.25, 0.3) is 22.4 Å². The van der Waals surface area contributed by atoms with Gasteiger partial charge in [-0.05, 0) is 25.5 Å². The summed E-state index contributed by atoms with van der Waals surface area (Å²) in [5, 5.41) is 4.20. The summed E-state index contributed by atoms with van der Waals surface area (Å²) in [5.41, 5.74) is -0.533. The Morgan fingerprint density at radius 3 is 2.52 bits per heavy atom. The summed E-state index contributed by atoms with van der Waals surface area (Å²) in [7, 11) is 1.29. The van der Waals surface area contributed by atoms with Crippen LogP contribution in [0.1, 0.15) is 28.0 Å². The van der Waals surface area contributed by atoms with Crippen LogP contribution in [0.3, 0.4) is 0 Å². The summed E-state index contributed by atoms with van der Waals surface area (Å²) >= 11 is 0. The molecule has 0 atom stereocenters. The molecule has 3 heterocycles. The van der Waals surface area contributed by atoms with E-state index in [1.165, 1.54) is 36.3 Å². The number of halogens is 3. The quantitative estimate of drug-likeness (QED) is 0.569. The zero-order chi connectivity index (χ0) is 23.8. The van der Waals surface area contributed by atoms with Crippen molar-refractivity contribution in [1.82, 2.24) is 19.9 Å². The number of hydrogen-bond acceptors (Lipinski definition) is 6. The molecule has 0 saturated carbocycles. The van der Waals surface area contributed by atoms with E-state index in [2.05, 4.69) is 10.1 Å². The summed E-state index contributed by atoms with van der Waals surface area (Å²) < 4.78 is 50.8. The molecule has 3 aromatic rings. The lowest BCUT2D eigenvalue weighted by Crippen LogP contribution is -2.37. The van der Waals surface area contributed by atoms with Gasteiger partial charge in [0.25, 0.3) is 11.6 Å². The molecule has 0 unspecified atom stereocenters. The standard InChI is InChI=1S/C22H21F3N4O4/c1-13-18-15(20(30)28-8-5-9-29(11-10-28)21(31)32-2)12-17(26-19(18)33-27-13)14-6-3-4-7-16(14)22(23,24)25/h3-4,6-7,12H,5,8-11H2,1-2H3. The van der Waals surface area contributed by atoms with Gasteiger partial charge in [-0.25, -0.2) is 9.78 Å². The van der Waals surface area contributed by atoms with E-state index in [-0.39, 0.29) is 35.6 Å². The Morgan fingerprint density at radius 1 is 1.09 bits per heavy atom. The smallest absolute Gasteiger partial charge is 0.417 e. The van der Waals surface area contributed by atoms with Gasteiger partial charge >= 0.3 is 12.3 Å². The average Bonchev–Trinajstić information content (AvgIpc) is 3.01. The maximum atomic E-state index is 13.6. The van der Waals surface area contributed by atoms with Crippen LogP contribution in [0.15, 0.2) is 34.9 Å². The minimum atomic E-state index is -4.60. The van der Waals surface area contributed by atoms with Crippen molar-refractivity contribution in [2.24, 2.45) is 0 Å². The van der Waals surface area contributed by atoms with Gasteiger partial charge < -0.3 is 19.1 Å². The second kappa shape index (κ2) is 8.72. The van der Waals surface area contributed by atoms with Crippen LogP contribution in [0.2, 0.25) is 0 Å². The first-order valence-corrected chi connectivity index (χ1v) is 10.3. The molecule has 1 aliphatic rings. The van der Waals surface area contributed by atoms with Crippen LogP contribution in [0.5, 0.6) is 0 Å². The van der Waals surface area contributed by atoms with Gasteiger partial charge in [0, 0.05) is 31.7 Å². The van der Waals surface area contributed by atoms with Crippen molar-refractivity contribution < 1.29 is 32.0 Å². The lowest BCUT2D eigenvalue weighted by molar-refractivity contribution is -0.137. The van der Waals surface area contributed by atoms with E-state index in [1.54, 1.807) is 11.8 Å². The van der Waals surface area contributed by atoms with E-state index >= 15 is 0 Å². The highest BCUT2D eigenvalue weighted by molar-refractivity contribution is 6.07. The van der Waals surface area contributed by atoms with Gasteiger partial charge in [-0.1, -0.05) is 23.4 Å². The average molecular weight is 462 g/mol. The van der Waals surface area contributed by atoms with E-state index in [1.807, 2.05) is 0 Å². The molecule has 4 rings (SSSR count). The summed E-state index contributed by atoms with van der Waals surface area (Å²) in [5.74, 6) is -0.397. The van der Waals surface area contributed by atoms with Crippen LogP contribution < -0.4 is 0 Å². The molecule has 8 nitrogen and oxygen atoms in total. The monoisotopic (exact) mass is 462 g/mol. The van der Waals surface area contributed by atoms with Crippen LogP contribution in [0.4, 0.5) is 18.0 Å². The third-order valence-corrected chi connectivity index (χ3v) is 5.57. The van der Waals surface area contributed by atoms with Crippen LogP contribution in [-0.4, -0.2) is 65.2 Å². The number of carbonyl (C=O) groups excluding carboxylic acids is 2. The molecule has 0 radical (unpaired) electrons. The minimum Gasteiger partial charge on any atom is -0.453 e. The molecule has 0 aliphatic carbocycles. The number of benzene rings is 1. The molecule has 2 aromatic heterocycles. The maximum Gasteiger partial charge on any atom is 0.417 e. The van der Waals surface area contributed by atoms with E-state index in [4.69, 9.17) is 9.26 Å². The predicted octanol–water partition coefficient (Wildman–Crippen LogP) is 4.13. The molecule has 33 heavy (non-hydrogen) atoms. The first kappa shape index (κ1) is 22.6. The van der Waals surface area contributed by atoms with E-state index in [0.717, 1.165) is 6.07 Å². The Bertz CT molecular complexity index is 1210. The zero-order valence-electron chi connectivity index (χ0n) is 18.0. The van der Waals surface area contributed by atoms with Gasteiger partial charge in [-0.3, -0.25) is 4.79 Å².